The van der Waals surface area contributed by atoms with E-state index in [0.717, 1.165) is 22.1 Å². The molecule has 234 valence electrons. The zero-order valence-electron chi connectivity index (χ0n) is 27.6. The van der Waals surface area contributed by atoms with Crippen LogP contribution in [0.3, 0.4) is 0 Å². The maximum absolute atomic E-state index is 6.97. The summed E-state index contributed by atoms with van der Waals surface area (Å²) >= 11 is 0. The lowest BCUT2D eigenvalue weighted by Gasteiger charge is -2.16. The van der Waals surface area contributed by atoms with E-state index in [2.05, 4.69) is 170 Å². The van der Waals surface area contributed by atoms with Crippen molar-refractivity contribution in [3.63, 3.8) is 0 Å². The molecule has 0 aliphatic carbocycles. The van der Waals surface area contributed by atoms with Crippen LogP contribution in [0.25, 0.3) is 120 Å². The van der Waals surface area contributed by atoms with Crippen molar-refractivity contribution in [1.29, 1.82) is 0 Å². The Balaban J connectivity index is 1.27. The van der Waals surface area contributed by atoms with Crippen LogP contribution in [-0.4, -0.2) is 0 Å². The van der Waals surface area contributed by atoms with Crippen molar-refractivity contribution in [1.82, 2.24) is 0 Å². The molecule has 0 saturated heterocycles. The highest BCUT2D eigenvalue weighted by atomic mass is 16.3. The monoisotopic (exact) mass is 644 g/mol. The Morgan fingerprint density at radius 2 is 0.863 bits per heavy atom. The molecule has 12 rings (SSSR count). The Morgan fingerprint density at radius 3 is 1.71 bits per heavy atom. The van der Waals surface area contributed by atoms with E-state index in [4.69, 9.17) is 4.42 Å². The largest absolute Gasteiger partial charge is 0.455 e. The number of fused-ring (bicyclic) bond motifs is 10. The minimum Gasteiger partial charge on any atom is -0.455 e. The van der Waals surface area contributed by atoms with E-state index in [-0.39, 0.29) is 0 Å². The molecular formula is C50H28O. The summed E-state index contributed by atoms with van der Waals surface area (Å²) in [5.41, 5.74) is 6.55. The van der Waals surface area contributed by atoms with Crippen LogP contribution in [0.1, 0.15) is 0 Å². The topological polar surface area (TPSA) is 13.1 Å². The summed E-state index contributed by atoms with van der Waals surface area (Å²) in [7, 11) is 0. The summed E-state index contributed by atoms with van der Waals surface area (Å²) in [4.78, 5) is 0. The first-order chi connectivity index (χ1) is 25.3. The van der Waals surface area contributed by atoms with Crippen LogP contribution >= 0.6 is 0 Å². The summed E-state index contributed by atoms with van der Waals surface area (Å²) in [5, 5.41) is 20.0. The van der Waals surface area contributed by atoms with Gasteiger partial charge in [-0.2, -0.15) is 0 Å². The molecule has 51 heavy (non-hydrogen) atoms. The van der Waals surface area contributed by atoms with Crippen LogP contribution in [0.15, 0.2) is 174 Å². The second kappa shape index (κ2) is 9.94. The van der Waals surface area contributed by atoms with Gasteiger partial charge in [0.25, 0.3) is 0 Å². The summed E-state index contributed by atoms with van der Waals surface area (Å²) < 4.78 is 6.97. The molecule has 0 fully saturated rings. The van der Waals surface area contributed by atoms with Gasteiger partial charge in [-0.1, -0.05) is 146 Å². The second-order valence-electron chi connectivity index (χ2n) is 14.0. The predicted octanol–water partition coefficient (Wildman–Crippen LogP) is 14.4. The highest BCUT2D eigenvalue weighted by Crippen LogP contribution is 2.47. The molecule has 0 aliphatic heterocycles. The van der Waals surface area contributed by atoms with Gasteiger partial charge < -0.3 is 4.42 Å². The quantitative estimate of drug-likeness (QED) is 0.171. The Bertz CT molecular complexity index is 3400. The summed E-state index contributed by atoms with van der Waals surface area (Å²) in [6.07, 6.45) is 0. The molecule has 0 radical (unpaired) electrons. The van der Waals surface area contributed by atoms with Crippen molar-refractivity contribution in [3.8, 4) is 22.3 Å². The fraction of sp³-hybridized carbons (Fsp3) is 0. The third-order valence-corrected chi connectivity index (χ3v) is 11.4. The SMILES string of the molecule is c1ccc2c(c1)ccc1c3ccccc3c(-c3cc(-c4ccc5ccc6cccc7ccc4c5c67)cc4c3oc3ccc5ccccc5c34)cc21. The van der Waals surface area contributed by atoms with Crippen molar-refractivity contribution >= 4 is 97.3 Å². The zero-order chi connectivity index (χ0) is 33.2. The van der Waals surface area contributed by atoms with Gasteiger partial charge in [-0.25, -0.2) is 0 Å². The normalized spacial score (nSPS) is 12.3. The Hall–Kier alpha value is -6.70. The first kappa shape index (κ1) is 27.2. The molecule has 0 saturated carbocycles. The standard InChI is InChI=1S/C50H28O/c1-3-12-35-29(8-1)18-23-40-38-14-5-6-15-39(38)43(28-42(35)40)44-26-34(27-45-49-37-13-4-2-9-30(37)21-25-46(49)51-50(44)45)36-22-19-33-17-16-31-10-7-11-32-20-24-41(36)48(33)47(31)32/h1-28H. The number of hydrogen-bond donors (Lipinski definition) is 0. The molecule has 0 bridgehead atoms. The lowest BCUT2D eigenvalue weighted by atomic mass is 9.86. The average Bonchev–Trinajstić information content (AvgIpc) is 3.58. The lowest BCUT2D eigenvalue weighted by Crippen LogP contribution is -1.90. The van der Waals surface area contributed by atoms with Crippen molar-refractivity contribution < 1.29 is 4.42 Å². The molecule has 0 aliphatic rings. The average molecular weight is 645 g/mol. The van der Waals surface area contributed by atoms with Crippen LogP contribution in [0, 0.1) is 0 Å². The van der Waals surface area contributed by atoms with Crippen molar-refractivity contribution in [2.75, 3.05) is 0 Å². The van der Waals surface area contributed by atoms with Crippen LogP contribution in [0.5, 0.6) is 0 Å². The van der Waals surface area contributed by atoms with Gasteiger partial charge in [0.2, 0.25) is 0 Å². The summed E-state index contributed by atoms with van der Waals surface area (Å²) in [6.45, 7) is 0. The van der Waals surface area contributed by atoms with Gasteiger partial charge in [-0.3, -0.25) is 0 Å². The molecule has 12 aromatic rings. The fourth-order valence-electron chi connectivity index (χ4n) is 9.08. The van der Waals surface area contributed by atoms with E-state index in [0.29, 0.717) is 0 Å². The van der Waals surface area contributed by atoms with Crippen LogP contribution in [-0.2, 0) is 0 Å². The van der Waals surface area contributed by atoms with Crippen molar-refractivity contribution in [3.05, 3.63) is 170 Å². The molecule has 1 heterocycles. The third-order valence-electron chi connectivity index (χ3n) is 11.4. The minimum absolute atomic E-state index is 0.910. The number of hydrogen-bond acceptors (Lipinski definition) is 1. The predicted molar refractivity (Wildman–Crippen MR) is 218 cm³/mol. The van der Waals surface area contributed by atoms with Gasteiger partial charge in [0, 0.05) is 16.3 Å². The summed E-state index contributed by atoms with van der Waals surface area (Å²) in [5.74, 6) is 0. The number of rotatable bonds is 2. The van der Waals surface area contributed by atoms with E-state index in [1.165, 1.54) is 97.5 Å². The smallest absolute Gasteiger partial charge is 0.143 e. The molecule has 11 aromatic carbocycles. The van der Waals surface area contributed by atoms with Crippen molar-refractivity contribution in [2.24, 2.45) is 0 Å². The van der Waals surface area contributed by atoms with E-state index in [1.54, 1.807) is 0 Å². The number of benzene rings is 11. The molecule has 0 N–H and O–H groups in total. The van der Waals surface area contributed by atoms with Gasteiger partial charge in [-0.15, -0.1) is 0 Å². The zero-order valence-corrected chi connectivity index (χ0v) is 27.6. The Labute approximate surface area is 292 Å². The molecule has 1 aromatic heterocycles. The van der Waals surface area contributed by atoms with Crippen LogP contribution < -0.4 is 0 Å². The second-order valence-corrected chi connectivity index (χ2v) is 14.0. The van der Waals surface area contributed by atoms with Gasteiger partial charge in [0.05, 0.1) is 0 Å². The number of furan rings is 1. The molecule has 1 heteroatoms. The van der Waals surface area contributed by atoms with E-state index in [9.17, 15) is 0 Å². The highest BCUT2D eigenvalue weighted by molar-refractivity contribution is 6.28. The van der Waals surface area contributed by atoms with E-state index in [1.807, 2.05) is 0 Å². The molecule has 0 atom stereocenters. The van der Waals surface area contributed by atoms with E-state index < -0.39 is 0 Å². The maximum Gasteiger partial charge on any atom is 0.143 e. The summed E-state index contributed by atoms with van der Waals surface area (Å²) in [6, 6.07) is 62.7. The first-order valence-corrected chi connectivity index (χ1v) is 17.7. The molecule has 0 unspecified atom stereocenters. The molecule has 0 spiro atoms. The first-order valence-electron chi connectivity index (χ1n) is 17.7. The highest BCUT2D eigenvalue weighted by Gasteiger charge is 2.21. The molecule has 1 nitrogen and oxygen atoms in total. The molecule has 0 amide bonds. The third kappa shape index (κ3) is 3.70. The van der Waals surface area contributed by atoms with E-state index >= 15 is 0 Å². The van der Waals surface area contributed by atoms with Gasteiger partial charge in [0.15, 0.2) is 0 Å². The minimum atomic E-state index is 0.910. The van der Waals surface area contributed by atoms with Gasteiger partial charge in [-0.05, 0) is 116 Å². The van der Waals surface area contributed by atoms with Gasteiger partial charge >= 0.3 is 0 Å². The van der Waals surface area contributed by atoms with Crippen LogP contribution in [0.2, 0.25) is 0 Å². The van der Waals surface area contributed by atoms with Crippen LogP contribution in [0.4, 0.5) is 0 Å². The fourth-order valence-corrected chi connectivity index (χ4v) is 9.08. The molecular weight excluding hydrogens is 617 g/mol. The van der Waals surface area contributed by atoms with Gasteiger partial charge in [0.1, 0.15) is 11.2 Å². The maximum atomic E-state index is 6.97. The lowest BCUT2D eigenvalue weighted by molar-refractivity contribution is 0.670. The van der Waals surface area contributed by atoms with Crippen molar-refractivity contribution in [2.45, 2.75) is 0 Å². The Morgan fingerprint density at radius 1 is 0.275 bits per heavy atom. The Kier molecular flexibility index (Phi) is 5.29.